The number of anilines is 1. The third-order valence-corrected chi connectivity index (χ3v) is 4.21. The second-order valence-electron chi connectivity index (χ2n) is 6.27. The summed E-state index contributed by atoms with van der Waals surface area (Å²) in [7, 11) is 3.12. The number of hydrogen-bond donors (Lipinski definition) is 2. The Morgan fingerprint density at radius 2 is 2.00 bits per heavy atom. The first-order valence-corrected chi connectivity index (χ1v) is 9.08. The maximum atomic E-state index is 11.8. The Bertz CT molecular complexity index is 831. The highest BCUT2D eigenvalue weighted by Crippen LogP contribution is 2.32. The largest absolute Gasteiger partial charge is 0.506 e. The Morgan fingerprint density at radius 3 is 2.64 bits per heavy atom. The number of phenolic OH excluding ortho intramolecular Hbond substituents is 1. The van der Waals surface area contributed by atoms with Gasteiger partial charge in [0.2, 0.25) is 0 Å². The highest BCUT2D eigenvalue weighted by molar-refractivity contribution is 5.82. The van der Waals surface area contributed by atoms with Gasteiger partial charge in [0.15, 0.2) is 0 Å². The highest BCUT2D eigenvalue weighted by atomic mass is 16.5. The van der Waals surface area contributed by atoms with Crippen LogP contribution in [0.15, 0.2) is 54.3 Å². The molecule has 0 bridgehead atoms. The van der Waals surface area contributed by atoms with Gasteiger partial charge in [0.25, 0.3) is 0 Å². The van der Waals surface area contributed by atoms with Crippen LogP contribution < -0.4 is 10.1 Å². The van der Waals surface area contributed by atoms with Crippen LogP contribution in [-0.4, -0.2) is 31.9 Å². The lowest BCUT2D eigenvalue weighted by Crippen LogP contribution is -2.14. The molecule has 0 aliphatic heterocycles. The molecule has 0 spiro atoms. The average Bonchev–Trinajstić information content (AvgIpc) is 2.68. The van der Waals surface area contributed by atoms with Crippen molar-refractivity contribution in [2.24, 2.45) is 0 Å². The van der Waals surface area contributed by atoms with E-state index in [1.807, 2.05) is 43.3 Å². The summed E-state index contributed by atoms with van der Waals surface area (Å²) in [6.07, 6.45) is 1.71. The molecular weight excluding hydrogens is 358 g/mol. The second-order valence-corrected chi connectivity index (χ2v) is 6.27. The summed E-state index contributed by atoms with van der Waals surface area (Å²) in [5.74, 6) is 0.874. The van der Waals surface area contributed by atoms with Crippen molar-refractivity contribution >= 4 is 11.7 Å². The van der Waals surface area contributed by atoms with Crippen molar-refractivity contribution in [3.05, 3.63) is 65.4 Å². The van der Waals surface area contributed by atoms with E-state index in [9.17, 15) is 9.90 Å². The molecule has 2 rings (SSSR count). The molecule has 0 aliphatic rings. The second kappa shape index (κ2) is 10.3. The van der Waals surface area contributed by atoms with Crippen LogP contribution in [0.1, 0.15) is 30.5 Å². The number of aromatic hydroxyl groups is 1. The Hall–Kier alpha value is -3.15. The van der Waals surface area contributed by atoms with Crippen LogP contribution in [0.2, 0.25) is 0 Å². The first-order chi connectivity index (χ1) is 13.5. The highest BCUT2D eigenvalue weighted by Gasteiger charge is 2.18. The molecule has 6 nitrogen and oxygen atoms in total. The van der Waals surface area contributed by atoms with Crippen molar-refractivity contribution in [2.75, 3.05) is 26.1 Å². The quantitative estimate of drug-likeness (QED) is 0.289. The number of methoxy groups -OCH3 is 2. The van der Waals surface area contributed by atoms with Gasteiger partial charge in [-0.15, -0.1) is 0 Å². The van der Waals surface area contributed by atoms with E-state index in [0.717, 1.165) is 11.1 Å². The zero-order chi connectivity index (χ0) is 20.5. The maximum Gasteiger partial charge on any atom is 0.334 e. The standard InChI is InChI=1S/C22H27NO5/c1-5-28-22(25)14-18(27-4)13-20(16-7-6-8-17(12-16)26-3)23-19-10-9-15(2)11-21(19)24/h6-12,14,20,23-24H,5,13H2,1-4H3/b18-14-. The van der Waals surface area contributed by atoms with Gasteiger partial charge in [-0.25, -0.2) is 4.79 Å². The molecule has 2 N–H and O–H groups in total. The van der Waals surface area contributed by atoms with Gasteiger partial charge in [0.05, 0.1) is 38.6 Å². The fourth-order valence-corrected chi connectivity index (χ4v) is 2.78. The fraction of sp³-hybridized carbons (Fsp3) is 0.318. The number of aryl methyl sites for hydroxylation is 1. The molecule has 2 aromatic rings. The van der Waals surface area contributed by atoms with E-state index in [1.54, 1.807) is 20.1 Å². The number of carbonyl (C=O) groups is 1. The zero-order valence-electron chi connectivity index (χ0n) is 16.7. The van der Waals surface area contributed by atoms with Crippen LogP contribution in [-0.2, 0) is 14.3 Å². The topological polar surface area (TPSA) is 77.0 Å². The van der Waals surface area contributed by atoms with Crippen molar-refractivity contribution in [3.8, 4) is 11.5 Å². The summed E-state index contributed by atoms with van der Waals surface area (Å²) in [4.78, 5) is 11.8. The van der Waals surface area contributed by atoms with E-state index in [4.69, 9.17) is 14.2 Å². The first-order valence-electron chi connectivity index (χ1n) is 9.08. The maximum absolute atomic E-state index is 11.8. The first kappa shape index (κ1) is 21.2. The molecule has 1 atom stereocenters. The van der Waals surface area contributed by atoms with Gasteiger partial charge in [-0.2, -0.15) is 0 Å². The molecule has 0 saturated carbocycles. The third kappa shape index (κ3) is 5.94. The summed E-state index contributed by atoms with van der Waals surface area (Å²) < 4.78 is 15.7. The molecule has 0 fully saturated rings. The lowest BCUT2D eigenvalue weighted by atomic mass is 10.0. The van der Waals surface area contributed by atoms with Crippen molar-refractivity contribution in [1.82, 2.24) is 0 Å². The van der Waals surface area contributed by atoms with Gasteiger partial charge in [0.1, 0.15) is 17.3 Å². The van der Waals surface area contributed by atoms with Gasteiger partial charge < -0.3 is 24.6 Å². The van der Waals surface area contributed by atoms with Gasteiger partial charge in [-0.1, -0.05) is 18.2 Å². The van der Waals surface area contributed by atoms with Crippen LogP contribution in [0.5, 0.6) is 11.5 Å². The predicted molar refractivity (Wildman–Crippen MR) is 109 cm³/mol. The normalized spacial score (nSPS) is 12.2. The van der Waals surface area contributed by atoms with E-state index in [0.29, 0.717) is 30.2 Å². The molecule has 150 valence electrons. The van der Waals surface area contributed by atoms with Crippen molar-refractivity contribution in [2.45, 2.75) is 26.3 Å². The molecule has 0 saturated heterocycles. The lowest BCUT2D eigenvalue weighted by Gasteiger charge is -2.22. The summed E-state index contributed by atoms with van der Waals surface area (Å²) in [6, 6.07) is 12.7. The van der Waals surface area contributed by atoms with Crippen LogP contribution in [0, 0.1) is 6.92 Å². The van der Waals surface area contributed by atoms with Crippen LogP contribution in [0.25, 0.3) is 0 Å². The lowest BCUT2D eigenvalue weighted by molar-refractivity contribution is -0.137. The molecule has 6 heteroatoms. The number of phenols is 1. The number of rotatable bonds is 9. The van der Waals surface area contributed by atoms with Crippen molar-refractivity contribution in [1.29, 1.82) is 0 Å². The van der Waals surface area contributed by atoms with Gasteiger partial charge >= 0.3 is 5.97 Å². The van der Waals surface area contributed by atoms with Crippen molar-refractivity contribution in [3.63, 3.8) is 0 Å². The average molecular weight is 385 g/mol. The number of esters is 1. The van der Waals surface area contributed by atoms with E-state index in [1.165, 1.54) is 13.2 Å². The minimum absolute atomic E-state index is 0.154. The summed E-state index contributed by atoms with van der Waals surface area (Å²) in [5, 5.41) is 13.6. The van der Waals surface area contributed by atoms with Gasteiger partial charge in [-0.3, -0.25) is 0 Å². The van der Waals surface area contributed by atoms with Crippen molar-refractivity contribution < 1.29 is 24.1 Å². The Balaban J connectivity index is 2.35. The van der Waals surface area contributed by atoms with Gasteiger partial charge in [-0.05, 0) is 49.2 Å². The monoisotopic (exact) mass is 385 g/mol. The SMILES string of the molecule is CCOC(=O)/C=C(/CC(Nc1ccc(C)cc1O)c1cccc(OC)c1)OC. The zero-order valence-corrected chi connectivity index (χ0v) is 16.7. The summed E-state index contributed by atoms with van der Waals surface area (Å²) in [6.45, 7) is 3.95. The van der Waals surface area contributed by atoms with Crippen LogP contribution >= 0.6 is 0 Å². The summed E-state index contributed by atoms with van der Waals surface area (Å²) in [5.41, 5.74) is 2.47. The molecule has 0 heterocycles. The smallest absolute Gasteiger partial charge is 0.334 e. The number of ether oxygens (including phenoxy) is 3. The third-order valence-electron chi connectivity index (χ3n) is 4.21. The number of nitrogens with one attached hydrogen (secondary N) is 1. The number of hydrogen-bond acceptors (Lipinski definition) is 6. The Morgan fingerprint density at radius 1 is 1.21 bits per heavy atom. The molecule has 2 aromatic carbocycles. The van der Waals surface area contributed by atoms with E-state index in [-0.39, 0.29) is 11.8 Å². The minimum Gasteiger partial charge on any atom is -0.506 e. The van der Waals surface area contributed by atoms with Crippen LogP contribution in [0.3, 0.4) is 0 Å². The predicted octanol–water partition coefficient (Wildman–Crippen LogP) is 4.35. The van der Waals surface area contributed by atoms with Gasteiger partial charge in [0, 0.05) is 6.42 Å². The number of carbonyl (C=O) groups excluding carboxylic acids is 1. The van der Waals surface area contributed by atoms with E-state index < -0.39 is 5.97 Å². The fourth-order valence-electron chi connectivity index (χ4n) is 2.78. The molecular formula is C22H27NO5. The molecule has 0 radical (unpaired) electrons. The van der Waals surface area contributed by atoms with Crippen LogP contribution in [0.4, 0.5) is 5.69 Å². The Kier molecular flexibility index (Phi) is 7.75. The number of benzene rings is 2. The summed E-state index contributed by atoms with van der Waals surface area (Å²) >= 11 is 0. The minimum atomic E-state index is -0.457. The molecule has 28 heavy (non-hydrogen) atoms. The molecule has 0 aromatic heterocycles. The Labute approximate surface area is 165 Å². The molecule has 0 amide bonds. The van der Waals surface area contributed by atoms with E-state index >= 15 is 0 Å². The molecule has 0 aliphatic carbocycles. The molecule has 1 unspecified atom stereocenters. The van der Waals surface area contributed by atoms with E-state index in [2.05, 4.69) is 5.32 Å².